The van der Waals surface area contributed by atoms with Gasteiger partial charge >= 0.3 is 0 Å². The van der Waals surface area contributed by atoms with Gasteiger partial charge in [-0.15, -0.1) is 0 Å². The van der Waals surface area contributed by atoms with Gasteiger partial charge in [0.1, 0.15) is 5.75 Å². The average Bonchev–Trinajstić information content (AvgIpc) is 3.08. The number of piperazine rings is 1. The summed E-state index contributed by atoms with van der Waals surface area (Å²) in [6, 6.07) is 6.57. The van der Waals surface area contributed by atoms with Crippen LogP contribution in [0.25, 0.3) is 0 Å². The lowest BCUT2D eigenvalue weighted by molar-refractivity contribution is 0.0617. The quantitative estimate of drug-likeness (QED) is 0.806. The molecule has 1 aromatic rings. The van der Waals surface area contributed by atoms with Gasteiger partial charge in [-0.2, -0.15) is 4.31 Å². The average molecular weight is 340 g/mol. The number of hydrogen-bond acceptors (Lipinski definition) is 5. The van der Waals surface area contributed by atoms with Crippen LogP contribution in [0.2, 0.25) is 0 Å². The number of ether oxygens (including phenoxy) is 2. The predicted octanol–water partition coefficient (Wildman–Crippen LogP) is 1.18. The Labute approximate surface area is 138 Å². The van der Waals surface area contributed by atoms with Crippen molar-refractivity contribution in [1.82, 2.24) is 9.21 Å². The van der Waals surface area contributed by atoms with Crippen LogP contribution in [0.15, 0.2) is 29.2 Å². The number of benzene rings is 1. The van der Waals surface area contributed by atoms with Gasteiger partial charge in [-0.1, -0.05) is 0 Å². The van der Waals surface area contributed by atoms with Gasteiger partial charge in [0, 0.05) is 39.3 Å². The highest BCUT2D eigenvalue weighted by Gasteiger charge is 2.29. The standard InChI is InChI=1S/C16H24N2O4S/c1-21-14-4-6-16(7-5-14)23(19,20)18-10-8-17(9-11-18)13-15-3-2-12-22-15/h4-7,15H,2-3,8-13H2,1H3. The molecule has 128 valence electrons. The Morgan fingerprint density at radius 3 is 2.43 bits per heavy atom. The van der Waals surface area contributed by atoms with Crippen molar-refractivity contribution in [2.45, 2.75) is 23.8 Å². The monoisotopic (exact) mass is 340 g/mol. The molecular weight excluding hydrogens is 316 g/mol. The molecule has 0 spiro atoms. The van der Waals surface area contributed by atoms with Gasteiger partial charge in [0.05, 0.1) is 18.1 Å². The highest BCUT2D eigenvalue weighted by Crippen LogP contribution is 2.21. The third kappa shape index (κ3) is 3.85. The molecule has 1 atom stereocenters. The van der Waals surface area contributed by atoms with Crippen LogP contribution in [0.3, 0.4) is 0 Å². The Morgan fingerprint density at radius 2 is 1.87 bits per heavy atom. The zero-order valence-corrected chi connectivity index (χ0v) is 14.3. The summed E-state index contributed by atoms with van der Waals surface area (Å²) >= 11 is 0. The first-order valence-corrected chi connectivity index (χ1v) is 9.52. The molecule has 3 rings (SSSR count). The topological polar surface area (TPSA) is 59.1 Å². The highest BCUT2D eigenvalue weighted by molar-refractivity contribution is 7.89. The summed E-state index contributed by atoms with van der Waals surface area (Å²) in [5.41, 5.74) is 0. The van der Waals surface area contributed by atoms with Crippen LogP contribution in [-0.4, -0.2) is 70.2 Å². The van der Waals surface area contributed by atoms with Crippen LogP contribution in [0.1, 0.15) is 12.8 Å². The third-order valence-electron chi connectivity index (χ3n) is 4.51. The van der Waals surface area contributed by atoms with Crippen LogP contribution in [0.4, 0.5) is 0 Å². The summed E-state index contributed by atoms with van der Waals surface area (Å²) in [5, 5.41) is 0. The summed E-state index contributed by atoms with van der Waals surface area (Å²) in [5.74, 6) is 0.658. The molecule has 0 bridgehead atoms. The molecule has 0 N–H and O–H groups in total. The van der Waals surface area contributed by atoms with Crippen LogP contribution >= 0.6 is 0 Å². The molecule has 23 heavy (non-hydrogen) atoms. The van der Waals surface area contributed by atoms with Crippen molar-refractivity contribution in [2.24, 2.45) is 0 Å². The Morgan fingerprint density at radius 1 is 1.17 bits per heavy atom. The molecule has 2 fully saturated rings. The van der Waals surface area contributed by atoms with Crippen molar-refractivity contribution in [1.29, 1.82) is 0 Å². The van der Waals surface area contributed by atoms with Gasteiger partial charge in [0.25, 0.3) is 0 Å². The lowest BCUT2D eigenvalue weighted by Gasteiger charge is -2.35. The first-order chi connectivity index (χ1) is 11.1. The first kappa shape index (κ1) is 16.7. The van der Waals surface area contributed by atoms with Crippen molar-refractivity contribution in [3.8, 4) is 5.75 Å². The van der Waals surface area contributed by atoms with E-state index < -0.39 is 10.0 Å². The fourth-order valence-electron chi connectivity index (χ4n) is 3.13. The maximum Gasteiger partial charge on any atom is 0.243 e. The van der Waals surface area contributed by atoms with Gasteiger partial charge in [0.15, 0.2) is 0 Å². The normalized spacial score (nSPS) is 24.0. The molecule has 0 aromatic heterocycles. The molecule has 1 aromatic carbocycles. The van der Waals surface area contributed by atoms with Gasteiger partial charge in [-0.3, -0.25) is 4.90 Å². The summed E-state index contributed by atoms with van der Waals surface area (Å²) < 4.78 is 37.7. The minimum Gasteiger partial charge on any atom is -0.497 e. The number of nitrogens with zero attached hydrogens (tertiary/aromatic N) is 2. The zero-order valence-electron chi connectivity index (χ0n) is 13.5. The largest absolute Gasteiger partial charge is 0.497 e. The molecule has 7 heteroatoms. The van der Waals surface area contributed by atoms with Gasteiger partial charge in [-0.25, -0.2) is 8.42 Å². The molecule has 0 saturated carbocycles. The van der Waals surface area contributed by atoms with Crippen LogP contribution < -0.4 is 4.74 Å². The first-order valence-electron chi connectivity index (χ1n) is 8.08. The second-order valence-electron chi connectivity index (χ2n) is 6.02. The fraction of sp³-hybridized carbons (Fsp3) is 0.625. The van der Waals surface area contributed by atoms with E-state index in [9.17, 15) is 8.42 Å². The van der Waals surface area contributed by atoms with E-state index in [1.807, 2.05) is 0 Å². The van der Waals surface area contributed by atoms with Crippen LogP contribution in [-0.2, 0) is 14.8 Å². The minimum atomic E-state index is -3.42. The van der Waals surface area contributed by atoms with E-state index in [4.69, 9.17) is 9.47 Å². The molecule has 2 heterocycles. The number of sulfonamides is 1. The zero-order chi connectivity index (χ0) is 16.3. The molecule has 0 aliphatic carbocycles. The molecule has 2 aliphatic heterocycles. The van der Waals surface area contributed by atoms with Crippen molar-refractivity contribution >= 4 is 10.0 Å². The molecule has 0 amide bonds. The summed E-state index contributed by atoms with van der Waals surface area (Å²) in [6.45, 7) is 4.35. The second kappa shape index (κ2) is 7.17. The molecule has 2 saturated heterocycles. The Hall–Kier alpha value is -1.15. The van der Waals surface area contributed by atoms with E-state index in [0.717, 1.165) is 39.1 Å². The number of rotatable bonds is 5. The summed E-state index contributed by atoms with van der Waals surface area (Å²) in [4.78, 5) is 2.63. The Kier molecular flexibility index (Phi) is 5.21. The van der Waals surface area contributed by atoms with Crippen molar-refractivity contribution < 1.29 is 17.9 Å². The van der Waals surface area contributed by atoms with Gasteiger partial charge in [0.2, 0.25) is 10.0 Å². The van der Waals surface area contributed by atoms with E-state index in [1.54, 1.807) is 35.7 Å². The maximum atomic E-state index is 12.7. The molecule has 0 radical (unpaired) electrons. The van der Waals surface area contributed by atoms with Crippen molar-refractivity contribution in [3.63, 3.8) is 0 Å². The SMILES string of the molecule is COc1ccc(S(=O)(=O)N2CCN(CC3CCCO3)CC2)cc1. The lowest BCUT2D eigenvalue weighted by Crippen LogP contribution is -2.50. The highest BCUT2D eigenvalue weighted by atomic mass is 32.2. The van der Waals surface area contributed by atoms with Crippen molar-refractivity contribution in [2.75, 3.05) is 46.4 Å². The molecule has 2 aliphatic rings. The van der Waals surface area contributed by atoms with Crippen LogP contribution in [0.5, 0.6) is 5.75 Å². The second-order valence-corrected chi connectivity index (χ2v) is 7.95. The van der Waals surface area contributed by atoms with E-state index in [1.165, 1.54) is 0 Å². The number of methoxy groups -OCH3 is 1. The third-order valence-corrected chi connectivity index (χ3v) is 6.43. The molecule has 6 nitrogen and oxygen atoms in total. The fourth-order valence-corrected chi connectivity index (χ4v) is 4.55. The van der Waals surface area contributed by atoms with E-state index in [0.29, 0.717) is 29.8 Å². The van der Waals surface area contributed by atoms with Crippen molar-refractivity contribution in [3.05, 3.63) is 24.3 Å². The summed E-state index contributed by atoms with van der Waals surface area (Å²) in [7, 11) is -1.85. The number of hydrogen-bond donors (Lipinski definition) is 0. The smallest absolute Gasteiger partial charge is 0.243 e. The summed E-state index contributed by atoms with van der Waals surface area (Å²) in [6.07, 6.45) is 2.57. The Balaban J connectivity index is 1.58. The minimum absolute atomic E-state index is 0.319. The van der Waals surface area contributed by atoms with Crippen LogP contribution in [0, 0.1) is 0 Å². The lowest BCUT2D eigenvalue weighted by atomic mass is 10.2. The van der Waals surface area contributed by atoms with E-state index in [2.05, 4.69) is 4.90 Å². The van der Waals surface area contributed by atoms with E-state index in [-0.39, 0.29) is 0 Å². The molecular formula is C16H24N2O4S. The van der Waals surface area contributed by atoms with Gasteiger partial charge < -0.3 is 9.47 Å². The predicted molar refractivity (Wildman–Crippen MR) is 87.2 cm³/mol. The van der Waals surface area contributed by atoms with E-state index >= 15 is 0 Å². The Bertz CT molecular complexity index is 603. The molecule has 1 unspecified atom stereocenters. The maximum absolute atomic E-state index is 12.7. The van der Waals surface area contributed by atoms with Gasteiger partial charge in [-0.05, 0) is 37.1 Å².